The number of fused-ring (bicyclic) bond motifs is 1. The number of aromatic nitrogens is 5. The van der Waals surface area contributed by atoms with E-state index in [0.29, 0.717) is 62.3 Å². The predicted molar refractivity (Wildman–Crippen MR) is 125 cm³/mol. The number of hydrogen-bond acceptors (Lipinski definition) is 8. The molecule has 4 heterocycles. The van der Waals surface area contributed by atoms with Crippen molar-refractivity contribution in [2.75, 3.05) is 50.7 Å². The van der Waals surface area contributed by atoms with Crippen molar-refractivity contribution in [2.45, 2.75) is 6.54 Å². The van der Waals surface area contributed by atoms with Gasteiger partial charge in [0, 0.05) is 69.7 Å². The van der Waals surface area contributed by atoms with Gasteiger partial charge in [0.15, 0.2) is 0 Å². The third-order valence-electron chi connectivity index (χ3n) is 6.34. The Kier molecular flexibility index (Phi) is 5.81. The number of carbonyl (C=O) groups is 2. The Hall–Kier alpha value is -4.04. The van der Waals surface area contributed by atoms with Crippen molar-refractivity contribution >= 4 is 28.8 Å². The smallest absolute Gasteiger partial charge is 0.248 e. The van der Waals surface area contributed by atoms with Crippen LogP contribution in [0.1, 0.15) is 15.9 Å². The number of likely N-dealkylation sites (tertiary alicyclic amines) is 1. The first-order valence-electron chi connectivity index (χ1n) is 11.2. The second kappa shape index (κ2) is 9.07. The normalized spacial score (nSPS) is 16.9. The molecule has 2 amide bonds. The molecule has 11 nitrogen and oxygen atoms in total. The number of rotatable bonds is 6. The van der Waals surface area contributed by atoms with Gasteiger partial charge in [-0.25, -0.2) is 14.6 Å². The Balaban J connectivity index is 1.09. The van der Waals surface area contributed by atoms with Gasteiger partial charge in [-0.3, -0.25) is 14.5 Å². The van der Waals surface area contributed by atoms with Gasteiger partial charge in [-0.1, -0.05) is 11.1 Å². The fourth-order valence-electron chi connectivity index (χ4n) is 4.43. The summed E-state index contributed by atoms with van der Waals surface area (Å²) in [4.78, 5) is 39.0. The lowest BCUT2D eigenvalue weighted by Crippen LogP contribution is -2.55. The molecule has 2 saturated heterocycles. The molecular formula is C23H25N9O2. The van der Waals surface area contributed by atoms with E-state index in [2.05, 4.69) is 36.0 Å². The summed E-state index contributed by atoms with van der Waals surface area (Å²) in [7, 11) is 0. The minimum Gasteiger partial charge on any atom is -0.366 e. The van der Waals surface area contributed by atoms with E-state index in [1.54, 1.807) is 30.6 Å². The number of terminal acetylenes is 1. The van der Waals surface area contributed by atoms with Crippen molar-refractivity contribution in [3.8, 4) is 12.3 Å². The van der Waals surface area contributed by atoms with Gasteiger partial charge < -0.3 is 15.5 Å². The molecule has 1 aromatic carbocycles. The van der Waals surface area contributed by atoms with Crippen molar-refractivity contribution < 1.29 is 9.59 Å². The van der Waals surface area contributed by atoms with Gasteiger partial charge in [0.25, 0.3) is 0 Å². The molecule has 2 fully saturated rings. The zero-order chi connectivity index (χ0) is 23.7. The fraction of sp³-hybridized carbons (Fsp3) is 0.391. The first kappa shape index (κ1) is 21.8. The van der Waals surface area contributed by atoms with E-state index >= 15 is 0 Å². The summed E-state index contributed by atoms with van der Waals surface area (Å²) >= 11 is 0. The van der Waals surface area contributed by atoms with Gasteiger partial charge >= 0.3 is 0 Å². The molecule has 0 aliphatic carbocycles. The Morgan fingerprint density at radius 2 is 1.85 bits per heavy atom. The molecule has 11 heteroatoms. The van der Waals surface area contributed by atoms with Crippen LogP contribution in [0, 0.1) is 18.3 Å². The highest BCUT2D eigenvalue weighted by molar-refractivity contribution is 5.96. The average Bonchev–Trinajstić information content (AvgIpc) is 3.24. The maximum Gasteiger partial charge on any atom is 0.248 e. The quantitative estimate of drug-likeness (QED) is 0.493. The molecule has 34 heavy (non-hydrogen) atoms. The topological polar surface area (TPSA) is 126 Å². The number of anilines is 1. The van der Waals surface area contributed by atoms with Gasteiger partial charge in [0.2, 0.25) is 17.8 Å². The van der Waals surface area contributed by atoms with Gasteiger partial charge in [0.05, 0.1) is 17.6 Å². The zero-order valence-electron chi connectivity index (χ0n) is 18.7. The predicted octanol–water partition coefficient (Wildman–Crippen LogP) is -0.418. The number of primary amides is 1. The minimum absolute atomic E-state index is 0.138. The summed E-state index contributed by atoms with van der Waals surface area (Å²) in [5, 5.41) is 8.38. The van der Waals surface area contributed by atoms with Crippen LogP contribution in [-0.4, -0.2) is 92.4 Å². The number of nitrogens with two attached hydrogens (primary N) is 1. The third kappa shape index (κ3) is 4.40. The second-order valence-corrected chi connectivity index (χ2v) is 8.68. The number of piperazine rings is 1. The van der Waals surface area contributed by atoms with Crippen LogP contribution >= 0.6 is 0 Å². The summed E-state index contributed by atoms with van der Waals surface area (Å²) < 4.78 is 1.81. The summed E-state index contributed by atoms with van der Waals surface area (Å²) in [6.45, 7) is 5.39. The summed E-state index contributed by atoms with van der Waals surface area (Å²) in [5.74, 6) is 3.19. The number of nitrogens with zero attached hydrogens (tertiary/aromatic N) is 8. The molecule has 0 bridgehead atoms. The van der Waals surface area contributed by atoms with Crippen LogP contribution < -0.4 is 10.6 Å². The van der Waals surface area contributed by atoms with Crippen LogP contribution in [0.3, 0.4) is 0 Å². The number of hydrogen-bond donors (Lipinski definition) is 1. The highest BCUT2D eigenvalue weighted by atomic mass is 16.2. The monoisotopic (exact) mass is 459 g/mol. The highest BCUT2D eigenvalue weighted by Gasteiger charge is 2.31. The summed E-state index contributed by atoms with van der Waals surface area (Å²) in [6.07, 6.45) is 8.63. The Bertz CT molecular complexity index is 1250. The molecule has 0 saturated carbocycles. The van der Waals surface area contributed by atoms with Gasteiger partial charge in [-0.15, -0.1) is 11.5 Å². The lowest BCUT2D eigenvalue weighted by atomic mass is 10.00. The maximum atomic E-state index is 12.8. The van der Waals surface area contributed by atoms with E-state index in [0.717, 1.165) is 24.1 Å². The van der Waals surface area contributed by atoms with Crippen LogP contribution in [-0.2, 0) is 11.3 Å². The first-order chi connectivity index (χ1) is 16.5. The van der Waals surface area contributed by atoms with Crippen molar-refractivity contribution in [3.05, 3.63) is 41.7 Å². The second-order valence-electron chi connectivity index (χ2n) is 8.68. The molecule has 2 N–H and O–H groups in total. The maximum absolute atomic E-state index is 12.8. The lowest BCUT2D eigenvalue weighted by Gasteiger charge is -2.41. The van der Waals surface area contributed by atoms with Crippen LogP contribution in [0.15, 0.2) is 30.6 Å². The third-order valence-corrected chi connectivity index (χ3v) is 6.34. The van der Waals surface area contributed by atoms with Crippen LogP contribution in [0.5, 0.6) is 0 Å². The molecule has 5 rings (SSSR count). The largest absolute Gasteiger partial charge is 0.366 e. The van der Waals surface area contributed by atoms with Gasteiger partial charge in [-0.05, 0) is 18.2 Å². The number of amides is 2. The molecule has 0 spiro atoms. The molecule has 2 aliphatic rings. The van der Waals surface area contributed by atoms with Crippen molar-refractivity contribution in [3.63, 3.8) is 0 Å². The highest BCUT2D eigenvalue weighted by Crippen LogP contribution is 2.21. The first-order valence-corrected chi connectivity index (χ1v) is 11.2. The van der Waals surface area contributed by atoms with E-state index in [9.17, 15) is 9.59 Å². The van der Waals surface area contributed by atoms with Crippen molar-refractivity contribution in [1.82, 2.24) is 34.8 Å². The van der Waals surface area contributed by atoms with Gasteiger partial charge in [-0.2, -0.15) is 0 Å². The molecule has 0 unspecified atom stereocenters. The standard InChI is InChI=1S/C23H25N9O2/c1-2-16-10-25-23(26-11-16)31-7-5-30(6-8-31)21(33)15-29-12-17(13-29)14-32-20-9-18(22(24)34)3-4-19(20)27-28-32/h1,3-4,9-11,17H,5-8,12-15H2,(H2,24,34). The van der Waals surface area contributed by atoms with E-state index in [4.69, 9.17) is 12.2 Å². The lowest BCUT2D eigenvalue weighted by molar-refractivity contribution is -0.134. The summed E-state index contributed by atoms with van der Waals surface area (Å²) in [6, 6.07) is 5.14. The van der Waals surface area contributed by atoms with E-state index in [-0.39, 0.29) is 5.91 Å². The SMILES string of the molecule is C#Cc1cnc(N2CCN(C(=O)CN3CC(Cn4nnc5ccc(C(N)=O)cc54)C3)CC2)nc1. The van der Waals surface area contributed by atoms with E-state index < -0.39 is 5.91 Å². The van der Waals surface area contributed by atoms with E-state index in [1.807, 2.05) is 9.58 Å². The number of benzene rings is 1. The molecule has 2 aliphatic heterocycles. The fourth-order valence-corrected chi connectivity index (χ4v) is 4.43. The van der Waals surface area contributed by atoms with Crippen molar-refractivity contribution in [2.24, 2.45) is 11.7 Å². The van der Waals surface area contributed by atoms with Crippen LogP contribution in [0.25, 0.3) is 11.0 Å². The zero-order valence-corrected chi connectivity index (χ0v) is 18.7. The Labute approximate surface area is 196 Å². The minimum atomic E-state index is -0.474. The van der Waals surface area contributed by atoms with Crippen molar-refractivity contribution in [1.29, 1.82) is 0 Å². The molecule has 0 atom stereocenters. The molecule has 2 aromatic heterocycles. The average molecular weight is 460 g/mol. The van der Waals surface area contributed by atoms with E-state index in [1.165, 1.54) is 0 Å². The van der Waals surface area contributed by atoms with Crippen LogP contribution in [0.2, 0.25) is 0 Å². The Morgan fingerprint density at radius 1 is 1.12 bits per heavy atom. The van der Waals surface area contributed by atoms with Crippen LogP contribution in [0.4, 0.5) is 5.95 Å². The molecular weight excluding hydrogens is 434 g/mol. The summed E-state index contributed by atoms with van der Waals surface area (Å²) in [5.41, 5.74) is 8.00. The number of carbonyl (C=O) groups excluding carboxylic acids is 2. The molecule has 174 valence electrons. The molecule has 3 aromatic rings. The Morgan fingerprint density at radius 3 is 2.53 bits per heavy atom. The molecule has 0 radical (unpaired) electrons. The van der Waals surface area contributed by atoms with Gasteiger partial charge in [0.1, 0.15) is 5.52 Å².